The third kappa shape index (κ3) is 7.99. The molecule has 0 aliphatic rings. The lowest BCUT2D eigenvalue weighted by Crippen LogP contribution is -2.51. The number of hydrogen-bond acceptors (Lipinski definition) is 5. The summed E-state index contributed by atoms with van der Waals surface area (Å²) in [4.78, 5) is 28.4. The molecular formula is C30H36ClN3O5S. The summed E-state index contributed by atoms with van der Waals surface area (Å²) in [5.74, 6) is -0.115. The van der Waals surface area contributed by atoms with Crippen LogP contribution in [0, 0.1) is 12.8 Å². The Hall–Kier alpha value is -3.56. The molecule has 3 aromatic rings. The van der Waals surface area contributed by atoms with Crippen molar-refractivity contribution in [2.24, 2.45) is 5.92 Å². The van der Waals surface area contributed by atoms with Crippen LogP contribution in [0.5, 0.6) is 5.75 Å². The lowest BCUT2D eigenvalue weighted by Gasteiger charge is -2.32. The van der Waals surface area contributed by atoms with Gasteiger partial charge in [-0.1, -0.05) is 55.3 Å². The molecule has 10 heteroatoms. The number of nitrogens with one attached hydrogen (secondary N) is 1. The quantitative estimate of drug-likeness (QED) is 0.321. The summed E-state index contributed by atoms with van der Waals surface area (Å²) in [6.07, 6.45) is 0. The predicted octanol–water partition coefficient (Wildman–Crippen LogP) is 5.04. The number of benzene rings is 3. The van der Waals surface area contributed by atoms with Crippen molar-refractivity contribution in [1.82, 2.24) is 10.2 Å². The van der Waals surface area contributed by atoms with Gasteiger partial charge >= 0.3 is 0 Å². The van der Waals surface area contributed by atoms with Crippen molar-refractivity contribution in [3.05, 3.63) is 88.9 Å². The molecule has 0 spiro atoms. The molecule has 1 N–H and O–H groups in total. The fourth-order valence-corrected chi connectivity index (χ4v) is 5.48. The molecule has 0 radical (unpaired) electrons. The summed E-state index contributed by atoms with van der Waals surface area (Å²) in [6, 6.07) is 18.9. The van der Waals surface area contributed by atoms with Gasteiger partial charge in [-0.3, -0.25) is 13.9 Å². The third-order valence-electron chi connectivity index (χ3n) is 6.37. The van der Waals surface area contributed by atoms with E-state index in [0.717, 1.165) is 15.4 Å². The smallest absolute Gasteiger partial charge is 0.264 e. The van der Waals surface area contributed by atoms with Crippen LogP contribution in [0.25, 0.3) is 0 Å². The minimum absolute atomic E-state index is 0.0103. The molecule has 214 valence electrons. The summed E-state index contributed by atoms with van der Waals surface area (Å²) in [5.41, 5.74) is 2.14. The highest BCUT2D eigenvalue weighted by atomic mass is 35.5. The minimum Gasteiger partial charge on any atom is -0.497 e. The minimum atomic E-state index is -4.18. The van der Waals surface area contributed by atoms with Crippen LogP contribution < -0.4 is 14.4 Å². The molecule has 0 bridgehead atoms. The standard InChI is InChI=1S/C30H36ClN3O5S/c1-21(2)18-32-30(36)23(4)33(19-24-8-6-22(3)7-9-24)29(35)20-34(26-12-10-25(31)11-13-26)40(37,38)28-16-14-27(39-5)15-17-28/h6-17,21,23H,18-20H2,1-5H3,(H,32,36)/t23-/m1/s1. The molecule has 3 aromatic carbocycles. The first-order chi connectivity index (χ1) is 18.9. The number of halogens is 1. The van der Waals surface area contributed by atoms with Gasteiger partial charge in [0.1, 0.15) is 18.3 Å². The first kappa shape index (κ1) is 31.0. The molecule has 0 aliphatic carbocycles. The molecule has 0 fully saturated rings. The van der Waals surface area contributed by atoms with Gasteiger partial charge in [-0.25, -0.2) is 8.42 Å². The fraction of sp³-hybridized carbons (Fsp3) is 0.333. The first-order valence-corrected chi connectivity index (χ1v) is 14.8. The second kappa shape index (κ2) is 13.7. The molecule has 8 nitrogen and oxygen atoms in total. The highest BCUT2D eigenvalue weighted by Crippen LogP contribution is 2.27. The van der Waals surface area contributed by atoms with Gasteiger partial charge in [0.05, 0.1) is 17.7 Å². The number of nitrogens with zero attached hydrogens (tertiary/aromatic N) is 2. The first-order valence-electron chi connectivity index (χ1n) is 13.0. The SMILES string of the molecule is COc1ccc(S(=O)(=O)N(CC(=O)N(Cc2ccc(C)cc2)[C@H](C)C(=O)NCC(C)C)c2ccc(Cl)cc2)cc1. The number of rotatable bonds is 12. The predicted molar refractivity (Wildman–Crippen MR) is 158 cm³/mol. The number of sulfonamides is 1. The van der Waals surface area contributed by atoms with E-state index in [4.69, 9.17) is 16.3 Å². The van der Waals surface area contributed by atoms with Gasteiger partial charge in [0.25, 0.3) is 10.0 Å². The number of ether oxygens (including phenoxy) is 1. The number of aryl methyl sites for hydroxylation is 1. The van der Waals surface area contributed by atoms with Crippen LogP contribution in [-0.2, 0) is 26.2 Å². The van der Waals surface area contributed by atoms with Crippen LogP contribution in [0.1, 0.15) is 31.9 Å². The molecule has 0 saturated carbocycles. The molecule has 2 amide bonds. The highest BCUT2D eigenvalue weighted by Gasteiger charge is 2.32. The largest absolute Gasteiger partial charge is 0.497 e. The molecule has 0 aromatic heterocycles. The van der Waals surface area contributed by atoms with Crippen LogP contribution in [-0.4, -0.2) is 51.4 Å². The van der Waals surface area contributed by atoms with E-state index < -0.39 is 28.5 Å². The Morgan fingerprint density at radius 3 is 2.08 bits per heavy atom. The zero-order chi connectivity index (χ0) is 29.4. The van der Waals surface area contributed by atoms with Crippen molar-refractivity contribution in [1.29, 1.82) is 0 Å². The van der Waals surface area contributed by atoms with E-state index in [1.165, 1.54) is 24.1 Å². The second-order valence-corrected chi connectivity index (χ2v) is 12.3. The molecule has 40 heavy (non-hydrogen) atoms. The summed E-state index contributed by atoms with van der Waals surface area (Å²) < 4.78 is 33.9. The maximum Gasteiger partial charge on any atom is 0.264 e. The molecule has 0 saturated heterocycles. The Bertz CT molecular complexity index is 1390. The number of carbonyl (C=O) groups is 2. The molecule has 0 unspecified atom stereocenters. The molecule has 3 rings (SSSR count). The summed E-state index contributed by atoms with van der Waals surface area (Å²) in [6.45, 7) is 7.63. The van der Waals surface area contributed by atoms with E-state index in [-0.39, 0.29) is 29.0 Å². The lowest BCUT2D eigenvalue weighted by atomic mass is 10.1. The van der Waals surface area contributed by atoms with Gasteiger partial charge in [0.15, 0.2) is 0 Å². The van der Waals surface area contributed by atoms with Gasteiger partial charge in [-0.15, -0.1) is 0 Å². The molecule has 0 heterocycles. The van der Waals surface area contributed by atoms with E-state index in [9.17, 15) is 18.0 Å². The zero-order valence-electron chi connectivity index (χ0n) is 23.4. The summed E-state index contributed by atoms with van der Waals surface area (Å²) in [7, 11) is -2.69. The molecular weight excluding hydrogens is 550 g/mol. The van der Waals surface area contributed by atoms with Crippen LogP contribution in [0.3, 0.4) is 0 Å². The molecule has 1 atom stereocenters. The average molecular weight is 586 g/mol. The Morgan fingerprint density at radius 2 is 1.52 bits per heavy atom. The van der Waals surface area contributed by atoms with Gasteiger partial charge in [-0.05, 0) is 73.9 Å². The zero-order valence-corrected chi connectivity index (χ0v) is 25.0. The van der Waals surface area contributed by atoms with Crippen molar-refractivity contribution < 1.29 is 22.7 Å². The van der Waals surface area contributed by atoms with Crippen LogP contribution in [0.2, 0.25) is 5.02 Å². The van der Waals surface area contributed by atoms with Crippen LogP contribution in [0.4, 0.5) is 5.69 Å². The second-order valence-electron chi connectivity index (χ2n) is 9.99. The van der Waals surface area contributed by atoms with E-state index in [1.54, 1.807) is 43.3 Å². The Morgan fingerprint density at radius 1 is 0.925 bits per heavy atom. The summed E-state index contributed by atoms with van der Waals surface area (Å²) >= 11 is 6.07. The third-order valence-corrected chi connectivity index (χ3v) is 8.41. The number of methoxy groups -OCH3 is 1. The van der Waals surface area contributed by atoms with E-state index in [1.807, 2.05) is 45.0 Å². The van der Waals surface area contributed by atoms with E-state index in [2.05, 4.69) is 5.32 Å². The van der Waals surface area contributed by atoms with Gasteiger partial charge in [-0.2, -0.15) is 0 Å². The van der Waals surface area contributed by atoms with Crippen molar-refractivity contribution in [2.75, 3.05) is 24.5 Å². The van der Waals surface area contributed by atoms with Gasteiger partial charge in [0.2, 0.25) is 11.8 Å². The summed E-state index contributed by atoms with van der Waals surface area (Å²) in [5, 5.41) is 3.30. The van der Waals surface area contributed by atoms with Crippen LogP contribution >= 0.6 is 11.6 Å². The Kier molecular flexibility index (Phi) is 10.6. The van der Waals surface area contributed by atoms with Crippen molar-refractivity contribution in [3.63, 3.8) is 0 Å². The Balaban J connectivity index is 2.00. The number of carbonyl (C=O) groups excluding carboxylic acids is 2. The number of hydrogen-bond donors (Lipinski definition) is 1. The number of amides is 2. The topological polar surface area (TPSA) is 96.0 Å². The fourth-order valence-electron chi connectivity index (χ4n) is 3.94. The van der Waals surface area contributed by atoms with Crippen molar-refractivity contribution >= 4 is 39.1 Å². The van der Waals surface area contributed by atoms with Crippen molar-refractivity contribution in [3.8, 4) is 5.75 Å². The van der Waals surface area contributed by atoms with Gasteiger partial charge < -0.3 is 15.0 Å². The molecule has 0 aliphatic heterocycles. The van der Waals surface area contributed by atoms with Crippen molar-refractivity contribution in [2.45, 2.75) is 45.2 Å². The maximum absolute atomic E-state index is 13.9. The maximum atomic E-state index is 13.9. The normalized spacial score (nSPS) is 12.1. The monoisotopic (exact) mass is 585 g/mol. The number of anilines is 1. The average Bonchev–Trinajstić information content (AvgIpc) is 2.94. The Labute approximate surface area is 241 Å². The highest BCUT2D eigenvalue weighted by molar-refractivity contribution is 7.92. The van der Waals surface area contributed by atoms with E-state index >= 15 is 0 Å². The van der Waals surface area contributed by atoms with E-state index in [0.29, 0.717) is 17.3 Å². The van der Waals surface area contributed by atoms with Crippen LogP contribution in [0.15, 0.2) is 77.7 Å². The lowest BCUT2D eigenvalue weighted by molar-refractivity contribution is -0.139. The van der Waals surface area contributed by atoms with Gasteiger partial charge in [0, 0.05) is 18.1 Å².